The van der Waals surface area contributed by atoms with Gasteiger partial charge in [0.15, 0.2) is 0 Å². The molecular weight excluding hydrogens is 659 g/mol. The van der Waals surface area contributed by atoms with Crippen LogP contribution in [0.1, 0.15) is 27.8 Å². The molecule has 0 spiro atoms. The molecule has 2 aliphatic rings. The number of rotatable bonds is 4. The minimum absolute atomic E-state index is 0.578. The van der Waals surface area contributed by atoms with E-state index in [0.717, 1.165) is 43.3 Å². The number of benzene rings is 7. The van der Waals surface area contributed by atoms with Gasteiger partial charge >= 0.3 is 0 Å². The predicted molar refractivity (Wildman–Crippen MR) is 207 cm³/mol. The van der Waals surface area contributed by atoms with E-state index in [0.29, 0.717) is 5.56 Å². The number of nitrogens with zero attached hydrogens (tertiary/aromatic N) is 3. The van der Waals surface area contributed by atoms with Gasteiger partial charge in [0.2, 0.25) is 0 Å². The van der Waals surface area contributed by atoms with E-state index in [1.807, 2.05) is 30.3 Å². The zero-order valence-corrected chi connectivity index (χ0v) is 28.9. The molecule has 0 amide bonds. The van der Waals surface area contributed by atoms with Gasteiger partial charge in [0.05, 0.1) is 28.1 Å². The summed E-state index contributed by atoms with van der Waals surface area (Å²) in [6.45, 7) is 0. The van der Waals surface area contributed by atoms with Gasteiger partial charge in [0.25, 0.3) is 0 Å². The van der Waals surface area contributed by atoms with E-state index >= 15 is 0 Å². The SMILES string of the molecule is N#Cc1ccc2c(c1)C(c1ccccc1)(c1ccccc1)c1cc(-c3cccc(-c4ccc5c(c4)Sc4nc6ccccc6nc4S5)c3)ccc1-2. The maximum atomic E-state index is 10.00. The van der Waals surface area contributed by atoms with Gasteiger partial charge < -0.3 is 0 Å². The average molecular weight is 686 g/mol. The van der Waals surface area contributed by atoms with E-state index in [-0.39, 0.29) is 0 Å². The average Bonchev–Trinajstić information content (AvgIpc) is 3.49. The van der Waals surface area contributed by atoms with E-state index in [2.05, 4.69) is 140 Å². The molecule has 51 heavy (non-hydrogen) atoms. The lowest BCUT2D eigenvalue weighted by Crippen LogP contribution is -2.28. The van der Waals surface area contributed by atoms with Gasteiger partial charge in [-0.1, -0.05) is 139 Å². The third-order valence-electron chi connectivity index (χ3n) is 10.1. The molecule has 3 nitrogen and oxygen atoms in total. The molecule has 238 valence electrons. The number of fused-ring (bicyclic) bond motifs is 6. The monoisotopic (exact) mass is 685 g/mol. The molecule has 0 atom stereocenters. The molecule has 7 aromatic carbocycles. The Morgan fingerprint density at radius 1 is 0.451 bits per heavy atom. The Balaban J connectivity index is 1.09. The van der Waals surface area contributed by atoms with Crippen molar-refractivity contribution in [2.24, 2.45) is 0 Å². The first-order valence-electron chi connectivity index (χ1n) is 16.9. The highest BCUT2D eigenvalue weighted by Crippen LogP contribution is 2.57. The summed E-state index contributed by atoms with van der Waals surface area (Å²) < 4.78 is 0. The van der Waals surface area contributed by atoms with Crippen LogP contribution in [0, 0.1) is 11.3 Å². The molecule has 0 N–H and O–H groups in total. The van der Waals surface area contributed by atoms with Crippen molar-refractivity contribution in [3.63, 3.8) is 0 Å². The van der Waals surface area contributed by atoms with E-state index in [4.69, 9.17) is 9.97 Å². The van der Waals surface area contributed by atoms with Crippen LogP contribution in [0.3, 0.4) is 0 Å². The third kappa shape index (κ3) is 4.76. The fourth-order valence-corrected chi connectivity index (χ4v) is 9.90. The van der Waals surface area contributed by atoms with Crippen LogP contribution in [-0.4, -0.2) is 9.97 Å². The lowest BCUT2D eigenvalue weighted by molar-refractivity contribution is 0.768. The molecule has 10 rings (SSSR count). The molecule has 0 unspecified atom stereocenters. The first-order valence-corrected chi connectivity index (χ1v) is 18.5. The Labute approximate surface area is 304 Å². The second-order valence-electron chi connectivity index (χ2n) is 12.9. The summed E-state index contributed by atoms with van der Waals surface area (Å²) >= 11 is 3.39. The minimum atomic E-state index is -0.578. The van der Waals surface area contributed by atoms with Crippen LogP contribution in [0.15, 0.2) is 184 Å². The molecule has 0 bridgehead atoms. The summed E-state index contributed by atoms with van der Waals surface area (Å²) in [5, 5.41) is 11.9. The Kier molecular flexibility index (Phi) is 6.95. The molecular formula is C46H27N3S2. The zero-order valence-electron chi connectivity index (χ0n) is 27.2. The molecule has 8 aromatic rings. The van der Waals surface area contributed by atoms with Crippen LogP contribution < -0.4 is 0 Å². The summed E-state index contributed by atoms with van der Waals surface area (Å²) in [6.07, 6.45) is 0. The number of aromatic nitrogens is 2. The van der Waals surface area contributed by atoms with E-state index in [9.17, 15) is 5.26 Å². The van der Waals surface area contributed by atoms with Crippen molar-refractivity contribution < 1.29 is 0 Å². The van der Waals surface area contributed by atoms with Gasteiger partial charge in [-0.3, -0.25) is 0 Å². The minimum Gasteiger partial charge on any atom is -0.237 e. The van der Waals surface area contributed by atoms with Gasteiger partial charge in [-0.25, -0.2) is 9.97 Å². The molecule has 0 radical (unpaired) electrons. The van der Waals surface area contributed by atoms with Crippen molar-refractivity contribution in [3.05, 3.63) is 192 Å². The van der Waals surface area contributed by atoms with Crippen LogP contribution in [0.4, 0.5) is 0 Å². The van der Waals surface area contributed by atoms with Gasteiger partial charge in [-0.15, -0.1) is 0 Å². The van der Waals surface area contributed by atoms with Crippen LogP contribution >= 0.6 is 23.5 Å². The van der Waals surface area contributed by atoms with Gasteiger partial charge in [0.1, 0.15) is 10.1 Å². The molecule has 2 heterocycles. The highest BCUT2D eigenvalue weighted by atomic mass is 32.2. The second-order valence-corrected chi connectivity index (χ2v) is 14.9. The van der Waals surface area contributed by atoms with Crippen molar-refractivity contribution >= 4 is 34.6 Å². The van der Waals surface area contributed by atoms with Gasteiger partial charge in [-0.05, 0) is 104 Å². The molecule has 1 aliphatic carbocycles. The summed E-state index contributed by atoms with van der Waals surface area (Å²) in [6, 6.07) is 60.5. The van der Waals surface area contributed by atoms with Crippen molar-refractivity contribution in [1.82, 2.24) is 9.97 Å². The van der Waals surface area contributed by atoms with Crippen LogP contribution in [-0.2, 0) is 5.41 Å². The predicted octanol–water partition coefficient (Wildman–Crippen LogP) is 11.8. The lowest BCUT2D eigenvalue weighted by Gasteiger charge is -2.34. The van der Waals surface area contributed by atoms with Crippen LogP contribution in [0.5, 0.6) is 0 Å². The largest absolute Gasteiger partial charge is 0.237 e. The second kappa shape index (κ2) is 11.8. The number of nitriles is 1. The summed E-state index contributed by atoms with van der Waals surface area (Å²) in [7, 11) is 0. The molecule has 0 saturated heterocycles. The summed E-state index contributed by atoms with van der Waals surface area (Å²) in [4.78, 5) is 12.2. The highest BCUT2D eigenvalue weighted by Gasteiger charge is 2.46. The van der Waals surface area contributed by atoms with E-state index in [1.165, 1.54) is 43.2 Å². The Morgan fingerprint density at radius 3 is 1.63 bits per heavy atom. The number of hydrogen-bond acceptors (Lipinski definition) is 5. The Bertz CT molecular complexity index is 2680. The smallest absolute Gasteiger partial charge is 0.134 e. The molecule has 5 heteroatoms. The molecule has 0 saturated carbocycles. The fraction of sp³-hybridized carbons (Fsp3) is 0.0217. The van der Waals surface area contributed by atoms with Crippen molar-refractivity contribution in [2.45, 2.75) is 25.3 Å². The summed E-state index contributed by atoms with van der Waals surface area (Å²) in [5.74, 6) is 0. The van der Waals surface area contributed by atoms with E-state index < -0.39 is 5.41 Å². The summed E-state index contributed by atoms with van der Waals surface area (Å²) in [5.41, 5.74) is 13.7. The Morgan fingerprint density at radius 2 is 0.980 bits per heavy atom. The Hall–Kier alpha value is -5.93. The van der Waals surface area contributed by atoms with Crippen molar-refractivity contribution in [2.75, 3.05) is 0 Å². The zero-order chi connectivity index (χ0) is 33.9. The van der Waals surface area contributed by atoms with Gasteiger partial charge in [0, 0.05) is 9.79 Å². The highest BCUT2D eigenvalue weighted by molar-refractivity contribution is 8.05. The van der Waals surface area contributed by atoms with Crippen LogP contribution in [0.2, 0.25) is 0 Å². The molecule has 1 aliphatic heterocycles. The quantitative estimate of drug-likeness (QED) is 0.185. The fourth-order valence-electron chi connectivity index (χ4n) is 7.78. The first kappa shape index (κ1) is 29.9. The molecule has 1 aromatic heterocycles. The van der Waals surface area contributed by atoms with E-state index in [1.54, 1.807) is 23.5 Å². The maximum absolute atomic E-state index is 10.00. The number of para-hydroxylation sites is 2. The van der Waals surface area contributed by atoms with Gasteiger partial charge in [-0.2, -0.15) is 5.26 Å². The maximum Gasteiger partial charge on any atom is 0.134 e. The number of hydrogen-bond donors (Lipinski definition) is 0. The third-order valence-corrected chi connectivity index (χ3v) is 12.4. The standard InChI is InChI=1S/C46H27N3S2/c47-28-29-18-21-36-37-22-19-32(26-39(37)46(38(36)24-29,34-12-3-1-4-13-34)35-14-5-2-6-15-35)30-10-9-11-31(25-30)33-20-23-42-43(27-33)51-45-44(50-42)48-40-16-7-8-17-41(40)49-45/h1-27H. The topological polar surface area (TPSA) is 49.6 Å². The lowest BCUT2D eigenvalue weighted by atomic mass is 9.67. The van der Waals surface area contributed by atoms with Crippen molar-refractivity contribution in [1.29, 1.82) is 5.26 Å². The van der Waals surface area contributed by atoms with Crippen molar-refractivity contribution in [3.8, 4) is 39.4 Å². The van der Waals surface area contributed by atoms with Crippen LogP contribution in [0.25, 0.3) is 44.4 Å². The first-order chi connectivity index (χ1) is 25.2. The normalized spacial score (nSPS) is 13.5. The molecule has 0 fully saturated rings.